The van der Waals surface area contributed by atoms with E-state index in [-0.39, 0.29) is 0 Å². The van der Waals surface area contributed by atoms with Crippen molar-refractivity contribution in [2.24, 2.45) is 11.7 Å². The van der Waals surface area contributed by atoms with Crippen LogP contribution in [-0.4, -0.2) is 24.3 Å². The Morgan fingerprint density at radius 1 is 1.38 bits per heavy atom. The summed E-state index contributed by atoms with van der Waals surface area (Å²) in [5, 5.41) is 2.00. The molecule has 0 bridgehead atoms. The number of urea groups is 1. The number of benzene rings is 1. The molecule has 0 unspecified atom stereocenters. The molecule has 0 saturated carbocycles. The van der Waals surface area contributed by atoms with E-state index in [1.165, 1.54) is 7.05 Å². The predicted molar refractivity (Wildman–Crippen MR) is 67.0 cm³/mol. The van der Waals surface area contributed by atoms with Crippen molar-refractivity contribution >= 4 is 23.5 Å². The molecule has 0 aliphatic heterocycles. The van der Waals surface area contributed by atoms with Gasteiger partial charge in [0, 0.05) is 11.9 Å². The van der Waals surface area contributed by atoms with Crippen molar-refractivity contribution in [2.75, 3.05) is 18.3 Å². The fourth-order valence-electron chi connectivity index (χ4n) is 1.36. The Bertz CT molecular complexity index is 394. The quantitative estimate of drug-likeness (QED) is 0.354. The third kappa shape index (κ3) is 2.46. The average molecular weight is 240 g/mol. The minimum absolute atomic E-state index is 0.457. The van der Waals surface area contributed by atoms with Crippen molar-refractivity contribution < 1.29 is 4.79 Å². The molecule has 0 aliphatic rings. The first-order valence-electron chi connectivity index (χ1n) is 4.69. The minimum Gasteiger partial charge on any atom is -0.264 e. The first-order valence-corrected chi connectivity index (χ1v) is 5.92. The first-order chi connectivity index (χ1) is 7.49. The molecule has 2 amide bonds. The molecular formula is C10H16N4OS. The van der Waals surface area contributed by atoms with Crippen LogP contribution in [0.4, 0.5) is 10.5 Å². The molecule has 0 spiro atoms. The second kappa shape index (κ2) is 5.20. The van der Waals surface area contributed by atoms with Crippen molar-refractivity contribution in [1.29, 1.82) is 0 Å². The summed E-state index contributed by atoms with van der Waals surface area (Å²) in [6, 6.07) is 5.17. The maximum absolute atomic E-state index is 11.6. The van der Waals surface area contributed by atoms with E-state index in [1.54, 1.807) is 17.8 Å². The number of nitrogens with zero attached hydrogens (tertiary/aromatic N) is 2. The summed E-state index contributed by atoms with van der Waals surface area (Å²) < 4.78 is 0. The van der Waals surface area contributed by atoms with Gasteiger partial charge in [0.25, 0.3) is 0 Å². The Morgan fingerprint density at radius 3 is 2.50 bits per heavy atom. The van der Waals surface area contributed by atoms with Gasteiger partial charge >= 0.3 is 6.03 Å². The number of hydrazine groups is 2. The highest BCUT2D eigenvalue weighted by Crippen LogP contribution is 2.27. The molecule has 0 aromatic heterocycles. The number of nitrogens with two attached hydrogens (primary N) is 2. The summed E-state index contributed by atoms with van der Waals surface area (Å²) in [5.41, 5.74) is 1.63. The van der Waals surface area contributed by atoms with Gasteiger partial charge in [0.1, 0.15) is 0 Å². The Balaban J connectivity index is 3.09. The monoisotopic (exact) mass is 240 g/mol. The van der Waals surface area contributed by atoms with Crippen LogP contribution in [0.3, 0.4) is 0 Å². The van der Waals surface area contributed by atoms with E-state index >= 15 is 0 Å². The molecule has 0 aliphatic carbocycles. The summed E-state index contributed by atoms with van der Waals surface area (Å²) in [6.45, 7) is 1.92. The maximum atomic E-state index is 11.6. The second-order valence-electron chi connectivity index (χ2n) is 3.37. The van der Waals surface area contributed by atoms with Crippen LogP contribution in [0.1, 0.15) is 5.56 Å². The number of hydrogen-bond donors (Lipinski definition) is 2. The standard InChI is InChI=1S/C10H16N4OS/c1-7-8(5-4-6-9(7)16-3)14(12)10(15)13(2)11/h4-6H,11-12H2,1-3H3. The van der Waals surface area contributed by atoms with Crippen LogP contribution in [0.5, 0.6) is 0 Å². The van der Waals surface area contributed by atoms with Gasteiger partial charge in [-0.05, 0) is 30.9 Å². The van der Waals surface area contributed by atoms with Crippen LogP contribution >= 0.6 is 11.8 Å². The van der Waals surface area contributed by atoms with E-state index in [4.69, 9.17) is 11.7 Å². The van der Waals surface area contributed by atoms with Gasteiger partial charge < -0.3 is 0 Å². The maximum Gasteiger partial charge on any atom is 0.352 e. The highest BCUT2D eigenvalue weighted by molar-refractivity contribution is 7.98. The van der Waals surface area contributed by atoms with Crippen LogP contribution < -0.4 is 16.7 Å². The van der Waals surface area contributed by atoms with Crippen LogP contribution in [0.25, 0.3) is 0 Å². The summed E-state index contributed by atoms with van der Waals surface area (Å²) >= 11 is 1.61. The summed E-state index contributed by atoms with van der Waals surface area (Å²) in [6.07, 6.45) is 1.98. The van der Waals surface area contributed by atoms with Crippen LogP contribution in [0, 0.1) is 6.92 Å². The highest BCUT2D eigenvalue weighted by atomic mass is 32.2. The molecule has 4 N–H and O–H groups in total. The second-order valence-corrected chi connectivity index (χ2v) is 4.22. The number of anilines is 1. The number of carbonyl (C=O) groups excluding carboxylic acids is 1. The van der Waals surface area contributed by atoms with Crippen molar-refractivity contribution in [3.63, 3.8) is 0 Å². The minimum atomic E-state index is -0.457. The molecule has 5 nitrogen and oxygen atoms in total. The summed E-state index contributed by atoms with van der Waals surface area (Å²) in [4.78, 5) is 12.7. The number of rotatable bonds is 2. The van der Waals surface area contributed by atoms with Crippen molar-refractivity contribution in [3.05, 3.63) is 23.8 Å². The van der Waals surface area contributed by atoms with E-state index in [2.05, 4.69) is 0 Å². The summed E-state index contributed by atoms with van der Waals surface area (Å²) in [7, 11) is 1.45. The average Bonchev–Trinajstić information content (AvgIpc) is 2.27. The lowest BCUT2D eigenvalue weighted by molar-refractivity contribution is 0.216. The fourth-order valence-corrected chi connectivity index (χ4v) is 1.98. The lowest BCUT2D eigenvalue weighted by atomic mass is 10.2. The van der Waals surface area contributed by atoms with Gasteiger partial charge in [-0.1, -0.05) is 6.07 Å². The zero-order chi connectivity index (χ0) is 12.3. The van der Waals surface area contributed by atoms with E-state index in [0.29, 0.717) is 5.69 Å². The van der Waals surface area contributed by atoms with Crippen molar-refractivity contribution in [3.8, 4) is 0 Å². The van der Waals surface area contributed by atoms with Gasteiger partial charge in [0.2, 0.25) is 0 Å². The van der Waals surface area contributed by atoms with Gasteiger partial charge in [-0.15, -0.1) is 11.8 Å². The molecule has 0 radical (unpaired) electrons. The molecule has 1 aromatic carbocycles. The number of hydrogen-bond acceptors (Lipinski definition) is 4. The Hall–Kier alpha value is -1.24. The molecule has 16 heavy (non-hydrogen) atoms. The van der Waals surface area contributed by atoms with Crippen LogP contribution in [-0.2, 0) is 0 Å². The molecule has 1 rings (SSSR count). The zero-order valence-corrected chi connectivity index (χ0v) is 10.4. The fraction of sp³-hybridized carbons (Fsp3) is 0.300. The molecule has 88 valence electrons. The molecule has 0 saturated heterocycles. The van der Waals surface area contributed by atoms with Gasteiger partial charge in [-0.2, -0.15) is 0 Å². The zero-order valence-electron chi connectivity index (χ0n) is 9.60. The third-order valence-electron chi connectivity index (χ3n) is 2.24. The van der Waals surface area contributed by atoms with Crippen molar-refractivity contribution in [1.82, 2.24) is 5.01 Å². The predicted octanol–water partition coefficient (Wildman–Crippen LogP) is 1.32. The van der Waals surface area contributed by atoms with E-state index in [9.17, 15) is 4.79 Å². The van der Waals surface area contributed by atoms with Crippen LogP contribution in [0.15, 0.2) is 23.1 Å². The van der Waals surface area contributed by atoms with Crippen molar-refractivity contribution in [2.45, 2.75) is 11.8 Å². The molecular weight excluding hydrogens is 224 g/mol. The molecule has 6 heteroatoms. The lowest BCUT2D eigenvalue weighted by Crippen LogP contribution is -2.48. The Morgan fingerprint density at radius 2 is 2.00 bits per heavy atom. The van der Waals surface area contributed by atoms with Crippen LogP contribution in [0.2, 0.25) is 0 Å². The largest absolute Gasteiger partial charge is 0.352 e. The van der Waals surface area contributed by atoms with Gasteiger partial charge in [-0.3, -0.25) is 5.01 Å². The van der Waals surface area contributed by atoms with Gasteiger partial charge in [0.05, 0.1) is 5.69 Å². The highest BCUT2D eigenvalue weighted by Gasteiger charge is 2.16. The number of amides is 2. The van der Waals surface area contributed by atoms with E-state index in [0.717, 1.165) is 20.5 Å². The molecule has 1 aromatic rings. The smallest absolute Gasteiger partial charge is 0.264 e. The number of carbonyl (C=O) groups is 1. The summed E-state index contributed by atoms with van der Waals surface area (Å²) in [5.74, 6) is 11.1. The Kier molecular flexibility index (Phi) is 4.17. The molecule has 0 fully saturated rings. The van der Waals surface area contributed by atoms with E-state index < -0.39 is 6.03 Å². The van der Waals surface area contributed by atoms with Gasteiger partial charge in [-0.25, -0.2) is 21.5 Å². The topological polar surface area (TPSA) is 75.6 Å². The number of thioether (sulfide) groups is 1. The Labute approximate surface area is 99.3 Å². The third-order valence-corrected chi connectivity index (χ3v) is 3.12. The molecule has 0 heterocycles. The normalized spacial score (nSPS) is 10.1. The molecule has 0 atom stereocenters. The van der Waals surface area contributed by atoms with Gasteiger partial charge in [0.15, 0.2) is 0 Å². The van der Waals surface area contributed by atoms with E-state index in [1.807, 2.05) is 25.3 Å². The SMILES string of the molecule is CSc1cccc(N(N)C(=O)N(C)N)c1C. The lowest BCUT2D eigenvalue weighted by Gasteiger charge is -2.23. The first kappa shape index (κ1) is 12.8.